The van der Waals surface area contributed by atoms with Gasteiger partial charge in [-0.15, -0.1) is 0 Å². The van der Waals surface area contributed by atoms with Crippen molar-refractivity contribution in [3.8, 4) is 5.75 Å². The smallest absolute Gasteiger partial charge is 0.224 e. The summed E-state index contributed by atoms with van der Waals surface area (Å²) in [7, 11) is 1.67. The Morgan fingerprint density at radius 2 is 2.08 bits per heavy atom. The molecule has 0 radical (unpaired) electrons. The minimum absolute atomic E-state index is 0.0218. The summed E-state index contributed by atoms with van der Waals surface area (Å²) in [5.74, 6) is 0.983. The molecule has 3 rings (SSSR count). The molecule has 1 aliphatic heterocycles. The van der Waals surface area contributed by atoms with Gasteiger partial charge in [-0.3, -0.25) is 4.79 Å². The highest BCUT2D eigenvalue weighted by Gasteiger charge is 2.23. The molecule has 2 aromatic carbocycles. The van der Waals surface area contributed by atoms with Crippen molar-refractivity contribution in [2.45, 2.75) is 12.8 Å². The average Bonchev–Trinajstić information content (AvgIpc) is 3.11. The molecule has 25 heavy (non-hydrogen) atoms. The maximum Gasteiger partial charge on any atom is 0.224 e. The van der Waals surface area contributed by atoms with Gasteiger partial charge in [0.2, 0.25) is 5.91 Å². The van der Waals surface area contributed by atoms with Gasteiger partial charge in [0.25, 0.3) is 0 Å². The van der Waals surface area contributed by atoms with Gasteiger partial charge in [-0.05, 0) is 42.2 Å². The van der Waals surface area contributed by atoms with E-state index < -0.39 is 0 Å². The number of benzene rings is 2. The lowest BCUT2D eigenvalue weighted by Gasteiger charge is -2.19. The third-order valence-corrected chi connectivity index (χ3v) is 4.57. The number of carbonyl (C=O) groups is 1. The van der Waals surface area contributed by atoms with Crippen LogP contribution in [0.15, 0.2) is 48.5 Å². The van der Waals surface area contributed by atoms with Crippen molar-refractivity contribution in [2.75, 3.05) is 31.6 Å². The molecule has 1 saturated heterocycles. The van der Waals surface area contributed by atoms with Gasteiger partial charge < -0.3 is 15.0 Å². The molecule has 0 saturated carbocycles. The molecule has 132 valence electrons. The van der Waals surface area contributed by atoms with Crippen LogP contribution >= 0.6 is 0 Å². The predicted octanol–water partition coefficient (Wildman–Crippen LogP) is 3.02. The number of nitrogens with zero attached hydrogens (tertiary/aromatic N) is 1. The van der Waals surface area contributed by atoms with E-state index in [2.05, 4.69) is 16.3 Å². The molecule has 1 N–H and O–H groups in total. The first kappa shape index (κ1) is 17.3. The first-order valence-corrected chi connectivity index (χ1v) is 8.54. The Balaban J connectivity index is 1.46. The lowest BCUT2D eigenvalue weighted by atomic mass is 10.1. The molecule has 0 aliphatic carbocycles. The van der Waals surface area contributed by atoms with E-state index in [4.69, 9.17) is 4.74 Å². The molecular weight excluding hydrogens is 319 g/mol. The van der Waals surface area contributed by atoms with Crippen molar-refractivity contribution in [1.29, 1.82) is 0 Å². The molecule has 0 bridgehead atoms. The fraction of sp³-hybridized carbons (Fsp3) is 0.350. The third-order valence-electron chi connectivity index (χ3n) is 4.57. The molecule has 4 nitrogen and oxygen atoms in total. The summed E-state index contributed by atoms with van der Waals surface area (Å²) in [6, 6.07) is 14.1. The number of anilines is 1. The first-order valence-electron chi connectivity index (χ1n) is 8.54. The number of carbonyl (C=O) groups excluding carboxylic acids is 1. The molecule has 0 aromatic heterocycles. The zero-order valence-electron chi connectivity index (χ0n) is 14.4. The second-order valence-electron chi connectivity index (χ2n) is 6.41. The quantitative estimate of drug-likeness (QED) is 0.877. The Bertz CT molecular complexity index is 718. The normalized spacial score (nSPS) is 16.7. The van der Waals surface area contributed by atoms with Crippen LogP contribution in [0.3, 0.4) is 0 Å². The fourth-order valence-electron chi connectivity index (χ4n) is 3.15. The lowest BCUT2D eigenvalue weighted by molar-refractivity contribution is -0.120. The number of methoxy groups -OCH3 is 1. The van der Waals surface area contributed by atoms with Gasteiger partial charge in [-0.1, -0.05) is 18.2 Å². The first-order chi connectivity index (χ1) is 12.1. The van der Waals surface area contributed by atoms with Crippen LogP contribution in [0.1, 0.15) is 12.0 Å². The summed E-state index contributed by atoms with van der Waals surface area (Å²) in [5.41, 5.74) is 1.97. The number of rotatable bonds is 6. The van der Waals surface area contributed by atoms with Crippen LogP contribution in [-0.4, -0.2) is 32.7 Å². The van der Waals surface area contributed by atoms with E-state index in [9.17, 15) is 9.18 Å². The zero-order valence-corrected chi connectivity index (χ0v) is 14.4. The minimum atomic E-state index is -0.284. The molecule has 5 heteroatoms. The van der Waals surface area contributed by atoms with Gasteiger partial charge >= 0.3 is 0 Å². The van der Waals surface area contributed by atoms with E-state index in [0.29, 0.717) is 12.5 Å². The van der Waals surface area contributed by atoms with Crippen molar-refractivity contribution in [3.05, 3.63) is 59.9 Å². The molecule has 1 aliphatic rings. The predicted molar refractivity (Wildman–Crippen MR) is 96.4 cm³/mol. The van der Waals surface area contributed by atoms with E-state index in [1.165, 1.54) is 12.1 Å². The van der Waals surface area contributed by atoms with E-state index in [-0.39, 0.29) is 18.1 Å². The van der Waals surface area contributed by atoms with Crippen LogP contribution in [0.4, 0.5) is 10.1 Å². The number of hydrogen-bond donors (Lipinski definition) is 1. The molecular formula is C20H23FN2O2. The average molecular weight is 342 g/mol. The molecule has 1 heterocycles. The Kier molecular flexibility index (Phi) is 5.53. The summed E-state index contributed by atoms with van der Waals surface area (Å²) in [4.78, 5) is 14.4. The van der Waals surface area contributed by atoms with Gasteiger partial charge in [0, 0.05) is 31.4 Å². The molecule has 0 unspecified atom stereocenters. The van der Waals surface area contributed by atoms with E-state index in [0.717, 1.165) is 36.5 Å². The van der Waals surface area contributed by atoms with Crippen LogP contribution in [0.2, 0.25) is 0 Å². The topological polar surface area (TPSA) is 41.6 Å². The molecule has 0 spiro atoms. The Morgan fingerprint density at radius 3 is 2.84 bits per heavy atom. The van der Waals surface area contributed by atoms with Crippen molar-refractivity contribution >= 4 is 11.6 Å². The maximum absolute atomic E-state index is 12.9. The number of ether oxygens (including phenoxy) is 1. The highest BCUT2D eigenvalue weighted by molar-refractivity contribution is 5.78. The Labute approximate surface area is 147 Å². The van der Waals surface area contributed by atoms with Crippen LogP contribution < -0.4 is 15.0 Å². The Hall–Kier alpha value is -2.56. The Morgan fingerprint density at radius 1 is 1.28 bits per heavy atom. The second kappa shape index (κ2) is 8.01. The number of hydrogen-bond acceptors (Lipinski definition) is 3. The largest absolute Gasteiger partial charge is 0.497 e. The summed E-state index contributed by atoms with van der Waals surface area (Å²) in [6.45, 7) is 2.57. The molecule has 1 amide bonds. The minimum Gasteiger partial charge on any atom is -0.497 e. The summed E-state index contributed by atoms with van der Waals surface area (Å²) in [5, 5.41) is 3.00. The zero-order chi connectivity index (χ0) is 17.6. The SMILES string of the molecule is COc1cccc(N2CC[C@H](CNC(=O)Cc3ccc(F)cc3)C2)c1. The standard InChI is InChI=1S/C20H23FN2O2/c1-25-19-4-2-3-18(12-19)23-10-9-16(14-23)13-22-20(24)11-15-5-7-17(21)8-6-15/h2-8,12,16H,9-11,13-14H2,1H3,(H,22,24)/t16-/m1/s1. The summed E-state index contributed by atoms with van der Waals surface area (Å²) < 4.78 is 18.2. The van der Waals surface area contributed by atoms with Crippen LogP contribution in [0.25, 0.3) is 0 Å². The van der Waals surface area contributed by atoms with Crippen LogP contribution in [0.5, 0.6) is 5.75 Å². The van der Waals surface area contributed by atoms with Crippen molar-refractivity contribution in [1.82, 2.24) is 5.32 Å². The van der Waals surface area contributed by atoms with Gasteiger partial charge in [-0.2, -0.15) is 0 Å². The molecule has 2 aromatic rings. The van der Waals surface area contributed by atoms with E-state index in [1.807, 2.05) is 18.2 Å². The maximum atomic E-state index is 12.9. The van der Waals surface area contributed by atoms with Gasteiger partial charge in [0.1, 0.15) is 11.6 Å². The van der Waals surface area contributed by atoms with Crippen LogP contribution in [-0.2, 0) is 11.2 Å². The summed E-state index contributed by atoms with van der Waals surface area (Å²) in [6.07, 6.45) is 1.33. The van der Waals surface area contributed by atoms with Crippen molar-refractivity contribution in [3.63, 3.8) is 0 Å². The molecule has 1 atom stereocenters. The highest BCUT2D eigenvalue weighted by atomic mass is 19.1. The second-order valence-corrected chi connectivity index (χ2v) is 6.41. The van der Waals surface area contributed by atoms with Gasteiger partial charge in [0.15, 0.2) is 0 Å². The number of amides is 1. The van der Waals surface area contributed by atoms with E-state index >= 15 is 0 Å². The number of halogens is 1. The van der Waals surface area contributed by atoms with Crippen molar-refractivity contribution < 1.29 is 13.9 Å². The summed E-state index contributed by atoms with van der Waals surface area (Å²) >= 11 is 0. The highest BCUT2D eigenvalue weighted by Crippen LogP contribution is 2.26. The number of nitrogens with one attached hydrogen (secondary N) is 1. The van der Waals surface area contributed by atoms with Gasteiger partial charge in [-0.25, -0.2) is 4.39 Å². The fourth-order valence-corrected chi connectivity index (χ4v) is 3.15. The van der Waals surface area contributed by atoms with Crippen molar-refractivity contribution in [2.24, 2.45) is 5.92 Å². The monoisotopic (exact) mass is 342 g/mol. The lowest BCUT2D eigenvalue weighted by Crippen LogP contribution is -2.32. The van der Waals surface area contributed by atoms with E-state index in [1.54, 1.807) is 19.2 Å². The molecule has 1 fully saturated rings. The van der Waals surface area contributed by atoms with Crippen LogP contribution in [0, 0.1) is 11.7 Å². The third kappa shape index (κ3) is 4.72. The van der Waals surface area contributed by atoms with Gasteiger partial charge in [0.05, 0.1) is 13.5 Å².